The molecule has 0 radical (unpaired) electrons. The van der Waals surface area contributed by atoms with Crippen molar-refractivity contribution in [2.45, 2.75) is 0 Å². The Hall–Kier alpha value is -3.55. The van der Waals surface area contributed by atoms with Gasteiger partial charge in [-0.15, -0.1) is 0 Å². The van der Waals surface area contributed by atoms with E-state index in [-0.39, 0.29) is 11.7 Å². The van der Waals surface area contributed by atoms with Crippen LogP contribution in [-0.2, 0) is 0 Å². The first-order chi connectivity index (χ1) is 15.1. The fourth-order valence-corrected chi connectivity index (χ4v) is 3.80. The average molecular weight is 451 g/mol. The Labute approximate surface area is 187 Å². The highest BCUT2D eigenvalue weighted by Crippen LogP contribution is 2.36. The van der Waals surface area contributed by atoms with Crippen LogP contribution in [-0.4, -0.2) is 17.1 Å². The highest BCUT2D eigenvalue weighted by molar-refractivity contribution is 7.20. The molecule has 1 amide bonds. The lowest BCUT2D eigenvalue weighted by atomic mass is 10.1. The summed E-state index contributed by atoms with van der Waals surface area (Å²) < 4.78 is 13.4. The summed E-state index contributed by atoms with van der Waals surface area (Å²) in [5, 5.41) is 8.70. The summed E-state index contributed by atoms with van der Waals surface area (Å²) in [4.78, 5) is 17.2. The molecule has 3 aromatic carbocycles. The zero-order chi connectivity index (χ0) is 21.6. The molecule has 0 saturated carbocycles. The third-order valence-corrected chi connectivity index (χ3v) is 5.34. The molecule has 1 aromatic heterocycles. The van der Waals surface area contributed by atoms with Gasteiger partial charge in [-0.1, -0.05) is 53.3 Å². The van der Waals surface area contributed by atoms with E-state index in [0.717, 1.165) is 5.56 Å². The molecule has 0 bridgehead atoms. The van der Waals surface area contributed by atoms with E-state index in [4.69, 9.17) is 11.6 Å². The number of nitrogens with one attached hydrogen (secondary N) is 2. The Kier molecular flexibility index (Phi) is 6.35. The zero-order valence-electron chi connectivity index (χ0n) is 16.0. The van der Waals surface area contributed by atoms with Gasteiger partial charge >= 0.3 is 0 Å². The first-order valence-corrected chi connectivity index (χ1v) is 10.5. The molecule has 154 valence electrons. The van der Waals surface area contributed by atoms with Crippen LogP contribution in [0, 0.1) is 5.82 Å². The molecule has 1 heterocycles. The van der Waals surface area contributed by atoms with E-state index in [0.29, 0.717) is 32.0 Å². The normalized spacial score (nSPS) is 10.9. The van der Waals surface area contributed by atoms with Gasteiger partial charge < -0.3 is 5.32 Å². The molecule has 0 aliphatic rings. The molecule has 0 fully saturated rings. The molecule has 0 aliphatic carbocycles. The van der Waals surface area contributed by atoms with Crippen LogP contribution in [0.4, 0.5) is 14.5 Å². The molecule has 2 N–H and O–H groups in total. The summed E-state index contributed by atoms with van der Waals surface area (Å²) in [6.07, 6.45) is 1.62. The van der Waals surface area contributed by atoms with Crippen molar-refractivity contribution >= 4 is 45.2 Å². The maximum Gasteiger partial charge on any atom is 0.256 e. The molecule has 4 rings (SSSR count). The van der Waals surface area contributed by atoms with Crippen LogP contribution in [0.15, 0.2) is 84.0 Å². The lowest BCUT2D eigenvalue weighted by molar-refractivity contribution is 0.102. The number of nitrogens with zero attached hydrogens (tertiary/aromatic N) is 2. The molecular weight excluding hydrogens is 435 g/mol. The summed E-state index contributed by atoms with van der Waals surface area (Å²) >= 11 is 7.22. The van der Waals surface area contributed by atoms with Crippen molar-refractivity contribution < 1.29 is 9.18 Å². The van der Waals surface area contributed by atoms with E-state index in [9.17, 15) is 9.18 Å². The maximum absolute atomic E-state index is 13.4. The van der Waals surface area contributed by atoms with Gasteiger partial charge in [0.2, 0.25) is 5.13 Å². The van der Waals surface area contributed by atoms with Crippen LogP contribution in [0.3, 0.4) is 0 Å². The second-order valence-electron chi connectivity index (χ2n) is 6.45. The van der Waals surface area contributed by atoms with Crippen molar-refractivity contribution in [2.75, 3.05) is 10.7 Å². The van der Waals surface area contributed by atoms with Crippen molar-refractivity contribution in [2.24, 2.45) is 5.10 Å². The standard InChI is InChI=1S/C23H16ClFN4OS/c24-18-8-4-5-15(13-18)14-26-29-23-27-20(16-9-11-19(25)12-10-16)22(31-23)28-21(30)17-6-2-1-3-7-17/h1-14H,(H,27,29)(H,28,30)/b26-14-. The van der Waals surface area contributed by atoms with Crippen LogP contribution >= 0.6 is 22.9 Å². The minimum Gasteiger partial charge on any atom is -0.312 e. The maximum atomic E-state index is 13.4. The zero-order valence-corrected chi connectivity index (χ0v) is 17.6. The summed E-state index contributed by atoms with van der Waals surface area (Å²) in [6.45, 7) is 0. The van der Waals surface area contributed by atoms with Crippen molar-refractivity contribution in [1.82, 2.24) is 4.98 Å². The quantitative estimate of drug-likeness (QED) is 0.267. The van der Waals surface area contributed by atoms with Crippen molar-refractivity contribution in [3.05, 3.63) is 101 Å². The number of anilines is 2. The van der Waals surface area contributed by atoms with Crippen LogP contribution in [0.5, 0.6) is 0 Å². The number of aromatic nitrogens is 1. The number of thiazole rings is 1. The Balaban J connectivity index is 1.60. The largest absolute Gasteiger partial charge is 0.312 e. The molecule has 0 unspecified atom stereocenters. The number of hydrogen-bond donors (Lipinski definition) is 2. The molecule has 0 aliphatic heterocycles. The SMILES string of the molecule is O=C(Nc1sc(N/N=C\c2cccc(Cl)c2)nc1-c1ccc(F)cc1)c1ccccc1. The number of rotatable bonds is 6. The summed E-state index contributed by atoms with van der Waals surface area (Å²) in [6, 6.07) is 22.1. The number of carbonyl (C=O) groups excluding carboxylic acids is 1. The molecule has 0 atom stereocenters. The molecule has 4 aromatic rings. The molecular formula is C23H16ClFN4OS. The first-order valence-electron chi connectivity index (χ1n) is 9.26. The Morgan fingerprint density at radius 1 is 1.03 bits per heavy atom. The van der Waals surface area contributed by atoms with Gasteiger partial charge in [-0.2, -0.15) is 5.10 Å². The topological polar surface area (TPSA) is 66.4 Å². The highest BCUT2D eigenvalue weighted by Gasteiger charge is 2.16. The lowest BCUT2D eigenvalue weighted by Gasteiger charge is -2.05. The average Bonchev–Trinajstić information content (AvgIpc) is 3.17. The molecule has 8 heteroatoms. The number of hydrazone groups is 1. The van der Waals surface area contributed by atoms with Gasteiger partial charge in [-0.3, -0.25) is 10.2 Å². The van der Waals surface area contributed by atoms with E-state index in [2.05, 4.69) is 20.8 Å². The van der Waals surface area contributed by atoms with Crippen molar-refractivity contribution in [3.8, 4) is 11.3 Å². The van der Waals surface area contributed by atoms with Crippen LogP contribution in [0.1, 0.15) is 15.9 Å². The van der Waals surface area contributed by atoms with Crippen molar-refractivity contribution in [1.29, 1.82) is 0 Å². The Bertz CT molecular complexity index is 1230. The predicted molar refractivity (Wildman–Crippen MR) is 125 cm³/mol. The van der Waals surface area contributed by atoms with E-state index in [1.165, 1.54) is 23.5 Å². The Morgan fingerprint density at radius 2 is 1.81 bits per heavy atom. The van der Waals surface area contributed by atoms with E-state index in [1.54, 1.807) is 54.7 Å². The van der Waals surface area contributed by atoms with Crippen LogP contribution in [0.2, 0.25) is 5.02 Å². The van der Waals surface area contributed by atoms with Crippen LogP contribution in [0.25, 0.3) is 11.3 Å². The fraction of sp³-hybridized carbons (Fsp3) is 0. The third-order valence-electron chi connectivity index (χ3n) is 4.23. The molecule has 31 heavy (non-hydrogen) atoms. The Morgan fingerprint density at radius 3 is 2.55 bits per heavy atom. The number of amides is 1. The van der Waals surface area contributed by atoms with E-state index >= 15 is 0 Å². The second kappa shape index (κ2) is 9.51. The molecule has 5 nitrogen and oxygen atoms in total. The lowest BCUT2D eigenvalue weighted by Crippen LogP contribution is -2.11. The summed E-state index contributed by atoms with van der Waals surface area (Å²) in [7, 11) is 0. The summed E-state index contributed by atoms with van der Waals surface area (Å²) in [5.41, 5.74) is 5.42. The fourth-order valence-electron chi connectivity index (χ4n) is 2.77. The van der Waals surface area contributed by atoms with Gasteiger partial charge in [0.15, 0.2) is 0 Å². The predicted octanol–water partition coefficient (Wildman–Crippen LogP) is 6.30. The van der Waals surface area contributed by atoms with Gasteiger partial charge in [0.05, 0.1) is 6.21 Å². The smallest absolute Gasteiger partial charge is 0.256 e. The summed E-state index contributed by atoms with van der Waals surface area (Å²) in [5.74, 6) is -0.611. The van der Waals surface area contributed by atoms with E-state index in [1.807, 2.05) is 18.2 Å². The van der Waals surface area contributed by atoms with Crippen molar-refractivity contribution in [3.63, 3.8) is 0 Å². The minimum atomic E-state index is -0.349. The van der Waals surface area contributed by atoms with E-state index < -0.39 is 0 Å². The molecule has 0 spiro atoms. The number of halogens is 2. The van der Waals surface area contributed by atoms with Gasteiger partial charge in [-0.25, -0.2) is 9.37 Å². The minimum absolute atomic E-state index is 0.262. The van der Waals surface area contributed by atoms with Gasteiger partial charge in [0.1, 0.15) is 16.5 Å². The van der Waals surface area contributed by atoms with Crippen LogP contribution < -0.4 is 10.7 Å². The number of hydrogen-bond acceptors (Lipinski definition) is 5. The highest BCUT2D eigenvalue weighted by atomic mass is 35.5. The first kappa shape index (κ1) is 20.7. The number of carbonyl (C=O) groups is 1. The third kappa shape index (κ3) is 5.33. The monoisotopic (exact) mass is 450 g/mol. The van der Waals surface area contributed by atoms with Gasteiger partial charge in [0, 0.05) is 16.1 Å². The molecule has 0 saturated heterocycles. The second-order valence-corrected chi connectivity index (χ2v) is 7.88. The number of benzene rings is 3. The van der Waals surface area contributed by atoms with Gasteiger partial charge in [0.25, 0.3) is 5.91 Å². The van der Waals surface area contributed by atoms with Gasteiger partial charge in [-0.05, 0) is 54.1 Å².